The third-order valence-electron chi connectivity index (χ3n) is 3.02. The number of aliphatic hydroxyl groups excluding tert-OH is 1. The van der Waals surface area contributed by atoms with Crippen LogP contribution in [0, 0.1) is 5.92 Å². The molecule has 0 bridgehead atoms. The molecule has 0 spiro atoms. The van der Waals surface area contributed by atoms with Crippen LogP contribution in [0.25, 0.3) is 0 Å². The largest absolute Gasteiger partial charge is 0.391 e. The molecule has 2 amide bonds. The maximum absolute atomic E-state index is 12.0. The molecular formula is C10H19N3O3. The Labute approximate surface area is 94.6 Å². The standard InChI is InChI=1S/C10H19N3O3/c1-2-6(4-11)10(16)13-5-7(14)3-8(13)9(12)15/h6-8,14H,2-5,11H2,1H3,(H2,12,15). The number of nitrogens with zero attached hydrogens (tertiary/aromatic N) is 1. The van der Waals surface area contributed by atoms with Gasteiger partial charge in [0, 0.05) is 19.5 Å². The molecule has 1 rings (SSSR count). The zero-order valence-electron chi connectivity index (χ0n) is 9.43. The van der Waals surface area contributed by atoms with Gasteiger partial charge in [-0.3, -0.25) is 9.59 Å². The molecule has 92 valence electrons. The van der Waals surface area contributed by atoms with Crippen LogP contribution in [0.5, 0.6) is 0 Å². The van der Waals surface area contributed by atoms with Gasteiger partial charge in [-0.1, -0.05) is 6.92 Å². The van der Waals surface area contributed by atoms with Crippen LogP contribution in [0.15, 0.2) is 0 Å². The molecule has 16 heavy (non-hydrogen) atoms. The first kappa shape index (κ1) is 12.9. The van der Waals surface area contributed by atoms with Crippen LogP contribution in [0.3, 0.4) is 0 Å². The fraction of sp³-hybridized carbons (Fsp3) is 0.800. The van der Waals surface area contributed by atoms with E-state index < -0.39 is 18.1 Å². The molecule has 0 aromatic heterocycles. The Bertz CT molecular complexity index is 278. The lowest BCUT2D eigenvalue weighted by Crippen LogP contribution is -2.47. The lowest BCUT2D eigenvalue weighted by molar-refractivity contribution is -0.140. The Hall–Kier alpha value is -1.14. The van der Waals surface area contributed by atoms with E-state index in [2.05, 4.69) is 0 Å². The second-order valence-electron chi connectivity index (χ2n) is 4.14. The van der Waals surface area contributed by atoms with Crippen LogP contribution in [0.1, 0.15) is 19.8 Å². The van der Waals surface area contributed by atoms with Crippen molar-refractivity contribution in [3.63, 3.8) is 0 Å². The smallest absolute Gasteiger partial charge is 0.240 e. The van der Waals surface area contributed by atoms with Crippen molar-refractivity contribution in [2.75, 3.05) is 13.1 Å². The van der Waals surface area contributed by atoms with Gasteiger partial charge in [0.25, 0.3) is 0 Å². The number of rotatable bonds is 4. The number of β-amino-alcohol motifs (C(OH)–C–C–N with tert-alkyl or cyclic N) is 1. The minimum atomic E-state index is -0.692. The second kappa shape index (κ2) is 5.27. The number of hydrogen-bond acceptors (Lipinski definition) is 4. The molecule has 6 heteroatoms. The van der Waals surface area contributed by atoms with E-state index in [-0.39, 0.29) is 31.3 Å². The summed E-state index contributed by atoms with van der Waals surface area (Å²) in [7, 11) is 0. The van der Waals surface area contributed by atoms with E-state index in [1.807, 2.05) is 6.92 Å². The molecule has 0 saturated carbocycles. The fourth-order valence-corrected chi connectivity index (χ4v) is 2.00. The summed E-state index contributed by atoms with van der Waals surface area (Å²) in [5, 5.41) is 9.46. The Morgan fingerprint density at radius 2 is 2.19 bits per heavy atom. The fourth-order valence-electron chi connectivity index (χ4n) is 2.00. The molecule has 5 N–H and O–H groups in total. The first-order chi connectivity index (χ1) is 7.51. The van der Waals surface area contributed by atoms with Crippen molar-refractivity contribution in [1.82, 2.24) is 4.90 Å². The molecule has 1 heterocycles. The average Bonchev–Trinajstić information content (AvgIpc) is 2.62. The topological polar surface area (TPSA) is 110 Å². The van der Waals surface area contributed by atoms with Gasteiger partial charge < -0.3 is 21.5 Å². The maximum atomic E-state index is 12.0. The van der Waals surface area contributed by atoms with Gasteiger partial charge in [-0.05, 0) is 6.42 Å². The number of carbonyl (C=O) groups is 2. The van der Waals surface area contributed by atoms with Gasteiger partial charge in [0.1, 0.15) is 6.04 Å². The molecule has 1 fully saturated rings. The first-order valence-corrected chi connectivity index (χ1v) is 5.49. The van der Waals surface area contributed by atoms with Gasteiger partial charge in [-0.15, -0.1) is 0 Å². The van der Waals surface area contributed by atoms with Crippen molar-refractivity contribution in [3.8, 4) is 0 Å². The summed E-state index contributed by atoms with van der Waals surface area (Å²) in [4.78, 5) is 24.5. The number of carbonyl (C=O) groups excluding carboxylic acids is 2. The Morgan fingerprint density at radius 3 is 2.62 bits per heavy atom. The second-order valence-corrected chi connectivity index (χ2v) is 4.14. The zero-order valence-corrected chi connectivity index (χ0v) is 9.43. The van der Waals surface area contributed by atoms with Gasteiger partial charge in [0.05, 0.1) is 12.0 Å². The highest BCUT2D eigenvalue weighted by molar-refractivity contribution is 5.88. The Kier molecular flexibility index (Phi) is 4.26. The van der Waals surface area contributed by atoms with E-state index in [4.69, 9.17) is 11.5 Å². The third-order valence-corrected chi connectivity index (χ3v) is 3.02. The number of amides is 2. The third kappa shape index (κ3) is 2.51. The summed E-state index contributed by atoms with van der Waals surface area (Å²) < 4.78 is 0. The number of nitrogens with two attached hydrogens (primary N) is 2. The van der Waals surface area contributed by atoms with Crippen LogP contribution in [-0.2, 0) is 9.59 Å². The van der Waals surface area contributed by atoms with Gasteiger partial charge >= 0.3 is 0 Å². The first-order valence-electron chi connectivity index (χ1n) is 5.49. The van der Waals surface area contributed by atoms with Crippen LogP contribution >= 0.6 is 0 Å². The van der Waals surface area contributed by atoms with Crippen molar-refractivity contribution < 1.29 is 14.7 Å². The molecule has 6 nitrogen and oxygen atoms in total. The summed E-state index contributed by atoms with van der Waals surface area (Å²) in [6, 6.07) is -0.692. The quantitative estimate of drug-likeness (QED) is 0.540. The molecular weight excluding hydrogens is 210 g/mol. The van der Waals surface area contributed by atoms with E-state index in [9.17, 15) is 14.7 Å². The van der Waals surface area contributed by atoms with E-state index in [0.29, 0.717) is 6.42 Å². The molecule has 1 aliphatic heterocycles. The maximum Gasteiger partial charge on any atom is 0.240 e. The summed E-state index contributed by atoms with van der Waals surface area (Å²) in [5.41, 5.74) is 10.7. The van der Waals surface area contributed by atoms with Crippen LogP contribution in [0.2, 0.25) is 0 Å². The minimum absolute atomic E-state index is 0.170. The number of aliphatic hydroxyl groups is 1. The van der Waals surface area contributed by atoms with Crippen molar-refractivity contribution in [1.29, 1.82) is 0 Å². The summed E-state index contributed by atoms with van der Waals surface area (Å²) in [5.74, 6) is -1.06. The van der Waals surface area contributed by atoms with Crippen LogP contribution in [0.4, 0.5) is 0 Å². The molecule has 1 aliphatic rings. The number of likely N-dealkylation sites (tertiary alicyclic amines) is 1. The summed E-state index contributed by atoms with van der Waals surface area (Å²) in [6.45, 7) is 2.28. The lowest BCUT2D eigenvalue weighted by atomic mass is 10.0. The molecule has 1 saturated heterocycles. The van der Waals surface area contributed by atoms with E-state index >= 15 is 0 Å². The monoisotopic (exact) mass is 229 g/mol. The molecule has 0 aromatic rings. The van der Waals surface area contributed by atoms with Gasteiger partial charge in [0.2, 0.25) is 11.8 Å². The predicted octanol–water partition coefficient (Wildman–Crippen LogP) is -1.58. The minimum Gasteiger partial charge on any atom is -0.391 e. The van der Waals surface area contributed by atoms with Crippen molar-refractivity contribution >= 4 is 11.8 Å². The van der Waals surface area contributed by atoms with Crippen molar-refractivity contribution in [2.45, 2.75) is 31.9 Å². The Morgan fingerprint density at radius 1 is 1.56 bits per heavy atom. The molecule has 0 aliphatic carbocycles. The molecule has 3 atom stereocenters. The van der Waals surface area contributed by atoms with Gasteiger partial charge in [-0.2, -0.15) is 0 Å². The lowest BCUT2D eigenvalue weighted by Gasteiger charge is -2.25. The summed E-state index contributed by atoms with van der Waals surface area (Å²) in [6.07, 6.45) is 0.173. The van der Waals surface area contributed by atoms with E-state index in [1.165, 1.54) is 4.90 Å². The SMILES string of the molecule is CCC(CN)C(=O)N1CC(O)CC1C(N)=O. The Balaban J connectivity index is 2.77. The highest BCUT2D eigenvalue weighted by atomic mass is 16.3. The predicted molar refractivity (Wildman–Crippen MR) is 58.2 cm³/mol. The van der Waals surface area contributed by atoms with E-state index in [1.54, 1.807) is 0 Å². The molecule has 3 unspecified atom stereocenters. The highest BCUT2D eigenvalue weighted by Crippen LogP contribution is 2.20. The normalized spacial score (nSPS) is 26.8. The average molecular weight is 229 g/mol. The van der Waals surface area contributed by atoms with E-state index in [0.717, 1.165) is 0 Å². The zero-order chi connectivity index (χ0) is 12.3. The van der Waals surface area contributed by atoms with Crippen molar-refractivity contribution in [2.24, 2.45) is 17.4 Å². The summed E-state index contributed by atoms with van der Waals surface area (Å²) >= 11 is 0. The molecule has 0 radical (unpaired) electrons. The van der Waals surface area contributed by atoms with Crippen molar-refractivity contribution in [3.05, 3.63) is 0 Å². The molecule has 0 aromatic carbocycles. The van der Waals surface area contributed by atoms with Crippen LogP contribution in [-0.4, -0.2) is 47.1 Å². The van der Waals surface area contributed by atoms with Gasteiger partial charge in [-0.25, -0.2) is 0 Å². The van der Waals surface area contributed by atoms with Gasteiger partial charge in [0.15, 0.2) is 0 Å². The highest BCUT2D eigenvalue weighted by Gasteiger charge is 2.39. The number of primary amides is 1. The number of hydrogen-bond donors (Lipinski definition) is 3. The van der Waals surface area contributed by atoms with Crippen LogP contribution < -0.4 is 11.5 Å².